The first kappa shape index (κ1) is 22.5. The standard InChI is InChI=1S/C28H26N2O5/c1-33-20-9-10-23-19(13-20)14-22(27(31)29-23)26-21-16-25(35-3)24(34-2)15-18(21)11-12-30(26)28(32)17-7-5-4-6-8-17/h4-10,13-16,26H,11-12H2,1-3H3,(H,29,31)/t26-/m1/s1. The van der Waals surface area contributed by atoms with Crippen LogP contribution in [-0.2, 0) is 6.42 Å². The lowest BCUT2D eigenvalue weighted by atomic mass is 9.87. The topological polar surface area (TPSA) is 80.9 Å². The van der Waals surface area contributed by atoms with Gasteiger partial charge in [-0.15, -0.1) is 0 Å². The quantitative estimate of drug-likeness (QED) is 0.469. The van der Waals surface area contributed by atoms with Crippen molar-refractivity contribution in [3.8, 4) is 17.2 Å². The van der Waals surface area contributed by atoms with E-state index in [1.165, 1.54) is 0 Å². The second-order valence-electron chi connectivity index (χ2n) is 8.43. The van der Waals surface area contributed by atoms with E-state index < -0.39 is 6.04 Å². The van der Waals surface area contributed by atoms with E-state index in [0.29, 0.717) is 46.9 Å². The van der Waals surface area contributed by atoms with Gasteiger partial charge in [-0.2, -0.15) is 0 Å². The van der Waals surface area contributed by atoms with Crippen LogP contribution in [0.5, 0.6) is 17.2 Å². The maximum atomic E-state index is 13.7. The molecule has 0 saturated carbocycles. The first-order valence-electron chi connectivity index (χ1n) is 11.4. The summed E-state index contributed by atoms with van der Waals surface area (Å²) in [7, 11) is 4.77. The van der Waals surface area contributed by atoms with Gasteiger partial charge in [0, 0.05) is 28.6 Å². The zero-order chi connectivity index (χ0) is 24.5. The van der Waals surface area contributed by atoms with Crippen molar-refractivity contribution >= 4 is 16.8 Å². The number of aromatic nitrogens is 1. The number of amides is 1. The summed E-state index contributed by atoms with van der Waals surface area (Å²) in [5.74, 6) is 1.71. The maximum Gasteiger partial charge on any atom is 0.254 e. The number of nitrogens with zero attached hydrogens (tertiary/aromatic N) is 1. The van der Waals surface area contributed by atoms with Gasteiger partial charge in [0.1, 0.15) is 5.75 Å². The molecule has 0 unspecified atom stereocenters. The van der Waals surface area contributed by atoms with Crippen molar-refractivity contribution in [2.45, 2.75) is 12.5 Å². The average Bonchev–Trinajstić information content (AvgIpc) is 2.91. The number of hydrogen-bond donors (Lipinski definition) is 1. The number of pyridine rings is 1. The summed E-state index contributed by atoms with van der Waals surface area (Å²) < 4.78 is 16.5. The molecule has 4 aromatic rings. The fraction of sp³-hybridized carbons (Fsp3) is 0.214. The highest BCUT2D eigenvalue weighted by molar-refractivity contribution is 5.95. The van der Waals surface area contributed by atoms with E-state index in [1.807, 2.05) is 48.5 Å². The van der Waals surface area contributed by atoms with Crippen molar-refractivity contribution in [3.63, 3.8) is 0 Å². The molecule has 7 nitrogen and oxygen atoms in total. The van der Waals surface area contributed by atoms with Gasteiger partial charge in [-0.1, -0.05) is 18.2 Å². The number of carbonyl (C=O) groups excluding carboxylic acids is 1. The van der Waals surface area contributed by atoms with Crippen molar-refractivity contribution in [2.75, 3.05) is 27.9 Å². The maximum absolute atomic E-state index is 13.7. The van der Waals surface area contributed by atoms with Gasteiger partial charge in [-0.25, -0.2) is 0 Å². The highest BCUT2D eigenvalue weighted by Gasteiger charge is 2.35. The Bertz CT molecular complexity index is 1460. The van der Waals surface area contributed by atoms with Crippen LogP contribution in [0.2, 0.25) is 0 Å². The Kier molecular flexibility index (Phi) is 5.91. The number of fused-ring (bicyclic) bond motifs is 2. The second-order valence-corrected chi connectivity index (χ2v) is 8.43. The van der Waals surface area contributed by atoms with Crippen molar-refractivity contribution in [1.29, 1.82) is 0 Å². The predicted molar refractivity (Wildman–Crippen MR) is 134 cm³/mol. The van der Waals surface area contributed by atoms with E-state index in [2.05, 4.69) is 4.98 Å². The molecule has 1 aliphatic rings. The third kappa shape index (κ3) is 3.99. The SMILES string of the molecule is COc1ccc2[nH]c(=O)c([C@H]3c4cc(OC)c(OC)cc4CCN3C(=O)c3ccccc3)cc2c1. The van der Waals surface area contributed by atoms with Crippen LogP contribution in [0, 0.1) is 0 Å². The van der Waals surface area contributed by atoms with Gasteiger partial charge in [0.15, 0.2) is 11.5 Å². The lowest BCUT2D eigenvalue weighted by Gasteiger charge is -2.38. The van der Waals surface area contributed by atoms with Crippen LogP contribution in [0.25, 0.3) is 10.9 Å². The van der Waals surface area contributed by atoms with Gasteiger partial charge in [-0.3, -0.25) is 9.59 Å². The number of ether oxygens (including phenoxy) is 3. The van der Waals surface area contributed by atoms with Crippen molar-refractivity contribution in [2.24, 2.45) is 0 Å². The Morgan fingerprint density at radius 1 is 0.886 bits per heavy atom. The number of H-pyrrole nitrogens is 1. The summed E-state index contributed by atoms with van der Waals surface area (Å²) in [5, 5.41) is 0.818. The molecule has 1 aliphatic heterocycles. The number of rotatable bonds is 5. The molecule has 0 aliphatic carbocycles. The van der Waals surface area contributed by atoms with Crippen LogP contribution in [0.1, 0.15) is 33.1 Å². The zero-order valence-corrected chi connectivity index (χ0v) is 19.8. The second kappa shape index (κ2) is 9.18. The highest BCUT2D eigenvalue weighted by atomic mass is 16.5. The molecular formula is C28H26N2O5. The monoisotopic (exact) mass is 470 g/mol. The van der Waals surface area contributed by atoms with Crippen LogP contribution < -0.4 is 19.8 Å². The normalized spacial score (nSPS) is 14.9. The highest BCUT2D eigenvalue weighted by Crippen LogP contribution is 2.41. The number of benzene rings is 3. The summed E-state index contributed by atoms with van der Waals surface area (Å²) >= 11 is 0. The molecule has 3 aromatic carbocycles. The largest absolute Gasteiger partial charge is 0.497 e. The van der Waals surface area contributed by atoms with E-state index >= 15 is 0 Å². The predicted octanol–water partition coefficient (Wildman–Crippen LogP) is 4.34. The minimum Gasteiger partial charge on any atom is -0.497 e. The third-order valence-corrected chi connectivity index (χ3v) is 6.53. The van der Waals surface area contributed by atoms with E-state index in [9.17, 15) is 9.59 Å². The van der Waals surface area contributed by atoms with E-state index in [4.69, 9.17) is 14.2 Å². The Balaban J connectivity index is 1.74. The minimum atomic E-state index is -0.606. The summed E-state index contributed by atoms with van der Waals surface area (Å²) in [6.45, 7) is 0.455. The number of aromatic amines is 1. The summed E-state index contributed by atoms with van der Waals surface area (Å²) in [4.78, 5) is 31.8. The van der Waals surface area contributed by atoms with Crippen LogP contribution in [-0.4, -0.2) is 43.7 Å². The van der Waals surface area contributed by atoms with Crippen LogP contribution in [0.4, 0.5) is 0 Å². The van der Waals surface area contributed by atoms with Crippen LogP contribution >= 0.6 is 0 Å². The minimum absolute atomic E-state index is 0.138. The Labute approximate surface area is 202 Å². The molecule has 1 N–H and O–H groups in total. The van der Waals surface area contributed by atoms with Crippen molar-refractivity contribution < 1.29 is 19.0 Å². The fourth-order valence-electron chi connectivity index (χ4n) is 4.78. The van der Waals surface area contributed by atoms with E-state index in [-0.39, 0.29) is 11.5 Å². The average molecular weight is 471 g/mol. The Hall–Kier alpha value is -4.26. The molecule has 0 spiro atoms. The van der Waals surface area contributed by atoms with Gasteiger partial charge < -0.3 is 24.1 Å². The van der Waals surface area contributed by atoms with E-state index in [1.54, 1.807) is 44.4 Å². The summed E-state index contributed by atoms with van der Waals surface area (Å²) in [5.41, 5.74) is 3.34. The smallest absolute Gasteiger partial charge is 0.254 e. The lowest BCUT2D eigenvalue weighted by molar-refractivity contribution is 0.0693. The molecule has 0 radical (unpaired) electrons. The molecule has 178 valence electrons. The van der Waals surface area contributed by atoms with Crippen molar-refractivity contribution in [1.82, 2.24) is 9.88 Å². The summed E-state index contributed by atoms with van der Waals surface area (Å²) in [6, 6.07) is 19.7. The molecule has 5 rings (SSSR count). The van der Waals surface area contributed by atoms with Gasteiger partial charge in [0.25, 0.3) is 11.5 Å². The Morgan fingerprint density at radius 3 is 2.34 bits per heavy atom. The van der Waals surface area contributed by atoms with Gasteiger partial charge >= 0.3 is 0 Å². The van der Waals surface area contributed by atoms with Crippen molar-refractivity contribution in [3.05, 3.63) is 99.3 Å². The van der Waals surface area contributed by atoms with Gasteiger partial charge in [0.2, 0.25) is 0 Å². The third-order valence-electron chi connectivity index (χ3n) is 6.53. The van der Waals surface area contributed by atoms with Crippen LogP contribution in [0.15, 0.2) is 71.5 Å². The lowest BCUT2D eigenvalue weighted by Crippen LogP contribution is -2.42. The Morgan fingerprint density at radius 2 is 1.63 bits per heavy atom. The molecule has 0 bridgehead atoms. The number of methoxy groups -OCH3 is 3. The zero-order valence-electron chi connectivity index (χ0n) is 19.8. The van der Waals surface area contributed by atoms with Crippen LogP contribution in [0.3, 0.4) is 0 Å². The van der Waals surface area contributed by atoms with Gasteiger partial charge in [-0.05, 0) is 66.1 Å². The summed E-state index contributed by atoms with van der Waals surface area (Å²) in [6.07, 6.45) is 0.629. The number of carbonyl (C=O) groups is 1. The number of hydrogen-bond acceptors (Lipinski definition) is 5. The fourth-order valence-corrected chi connectivity index (χ4v) is 4.78. The van der Waals surface area contributed by atoms with E-state index in [0.717, 1.165) is 16.5 Å². The first-order chi connectivity index (χ1) is 17.0. The first-order valence-corrected chi connectivity index (χ1v) is 11.4. The molecule has 2 heterocycles. The molecule has 0 saturated heterocycles. The molecule has 1 atom stereocenters. The molecule has 35 heavy (non-hydrogen) atoms. The molecule has 1 amide bonds. The molecule has 7 heteroatoms. The molecular weight excluding hydrogens is 444 g/mol. The van der Waals surface area contributed by atoms with Gasteiger partial charge in [0.05, 0.1) is 27.4 Å². The molecule has 0 fully saturated rings. The number of nitrogens with one attached hydrogen (secondary N) is 1. The molecule has 1 aromatic heterocycles.